The maximum atomic E-state index is 5.75. The second-order valence-corrected chi connectivity index (χ2v) is 7.23. The zero-order valence-electron chi connectivity index (χ0n) is 15.2. The number of hydrogen-bond acceptors (Lipinski definition) is 5. The van der Waals surface area contributed by atoms with Crippen LogP contribution in [0.1, 0.15) is 30.9 Å². The standard InChI is InChI=1S/C21H24N4O/c1-14(2)17-10-23-21(24-11-17)25-20-13-26-12-16(20)9-15-7-8-22-19-6-4-3-5-18(15)19/h3-8,10-11,14,16,20H,9,12-13H2,1-2H3,(H,23,24,25)/t16-,20-/m1/s1. The Bertz CT molecular complexity index is 873. The van der Waals surface area contributed by atoms with Crippen molar-refractivity contribution in [1.82, 2.24) is 15.0 Å². The summed E-state index contributed by atoms with van der Waals surface area (Å²) in [5.74, 6) is 1.50. The minimum atomic E-state index is 0.215. The summed E-state index contributed by atoms with van der Waals surface area (Å²) in [5.41, 5.74) is 3.51. The number of aromatic nitrogens is 3. The Hall–Kier alpha value is -2.53. The Balaban J connectivity index is 1.49. The summed E-state index contributed by atoms with van der Waals surface area (Å²) in [6.45, 7) is 5.72. The van der Waals surface area contributed by atoms with Gasteiger partial charge in [-0.3, -0.25) is 4.98 Å². The second kappa shape index (κ2) is 7.38. The molecule has 0 radical (unpaired) electrons. The molecule has 2 aromatic heterocycles. The average molecular weight is 348 g/mol. The summed E-state index contributed by atoms with van der Waals surface area (Å²) < 4.78 is 5.75. The molecule has 1 aliphatic heterocycles. The minimum absolute atomic E-state index is 0.215. The fourth-order valence-corrected chi connectivity index (χ4v) is 3.45. The van der Waals surface area contributed by atoms with Gasteiger partial charge in [0.15, 0.2) is 0 Å². The number of para-hydroxylation sites is 1. The largest absolute Gasteiger partial charge is 0.379 e. The molecule has 1 aromatic carbocycles. The maximum Gasteiger partial charge on any atom is 0.222 e. The lowest BCUT2D eigenvalue weighted by molar-refractivity contribution is 0.185. The van der Waals surface area contributed by atoms with Gasteiger partial charge in [-0.1, -0.05) is 32.0 Å². The van der Waals surface area contributed by atoms with E-state index in [2.05, 4.69) is 58.4 Å². The van der Waals surface area contributed by atoms with E-state index in [0.717, 1.165) is 24.1 Å². The summed E-state index contributed by atoms with van der Waals surface area (Å²) in [4.78, 5) is 13.4. The third-order valence-corrected chi connectivity index (χ3v) is 5.07. The van der Waals surface area contributed by atoms with E-state index in [1.807, 2.05) is 24.7 Å². The Kier molecular flexibility index (Phi) is 4.80. The first-order valence-electron chi connectivity index (χ1n) is 9.19. The molecule has 5 nitrogen and oxygen atoms in total. The highest BCUT2D eigenvalue weighted by Gasteiger charge is 2.29. The van der Waals surface area contributed by atoms with Crippen LogP contribution in [0.4, 0.5) is 5.95 Å². The summed E-state index contributed by atoms with van der Waals surface area (Å²) in [6, 6.07) is 10.6. The zero-order chi connectivity index (χ0) is 17.9. The fraction of sp³-hybridized carbons (Fsp3) is 0.381. The van der Waals surface area contributed by atoms with Crippen molar-refractivity contribution >= 4 is 16.9 Å². The SMILES string of the molecule is CC(C)c1cnc(N[C@@H]2COC[C@H]2Cc2ccnc3ccccc23)nc1. The van der Waals surface area contributed by atoms with Crippen LogP contribution < -0.4 is 5.32 Å². The van der Waals surface area contributed by atoms with Gasteiger partial charge in [-0.25, -0.2) is 9.97 Å². The molecule has 3 heterocycles. The normalized spacial score (nSPS) is 20.0. The van der Waals surface area contributed by atoms with Crippen LogP contribution >= 0.6 is 0 Å². The Morgan fingerprint density at radius 2 is 1.88 bits per heavy atom. The van der Waals surface area contributed by atoms with Gasteiger partial charge in [0, 0.05) is 29.9 Å². The highest BCUT2D eigenvalue weighted by Crippen LogP contribution is 2.25. The molecule has 5 heteroatoms. The molecular weight excluding hydrogens is 324 g/mol. The molecule has 1 N–H and O–H groups in total. The molecule has 0 spiro atoms. The molecule has 2 atom stereocenters. The van der Waals surface area contributed by atoms with Crippen molar-refractivity contribution in [3.63, 3.8) is 0 Å². The number of nitrogens with one attached hydrogen (secondary N) is 1. The highest BCUT2D eigenvalue weighted by atomic mass is 16.5. The molecular formula is C21H24N4O. The number of rotatable bonds is 5. The topological polar surface area (TPSA) is 59.9 Å². The first-order chi connectivity index (χ1) is 12.7. The van der Waals surface area contributed by atoms with E-state index in [4.69, 9.17) is 4.74 Å². The average Bonchev–Trinajstić information content (AvgIpc) is 3.09. The van der Waals surface area contributed by atoms with Crippen molar-refractivity contribution < 1.29 is 4.74 Å². The fourth-order valence-electron chi connectivity index (χ4n) is 3.45. The number of pyridine rings is 1. The Labute approximate surface area is 153 Å². The van der Waals surface area contributed by atoms with E-state index < -0.39 is 0 Å². The van der Waals surface area contributed by atoms with Crippen molar-refractivity contribution in [3.8, 4) is 0 Å². The van der Waals surface area contributed by atoms with Gasteiger partial charge >= 0.3 is 0 Å². The molecule has 1 aliphatic rings. The van der Waals surface area contributed by atoms with Crippen molar-refractivity contribution in [1.29, 1.82) is 0 Å². The lowest BCUT2D eigenvalue weighted by Gasteiger charge is -2.20. The van der Waals surface area contributed by atoms with Crippen LogP contribution in [0.25, 0.3) is 10.9 Å². The van der Waals surface area contributed by atoms with Crippen molar-refractivity contribution in [2.75, 3.05) is 18.5 Å². The molecule has 0 unspecified atom stereocenters. The van der Waals surface area contributed by atoms with Crippen LogP contribution in [0.3, 0.4) is 0 Å². The van der Waals surface area contributed by atoms with Gasteiger partial charge in [0.1, 0.15) is 0 Å². The minimum Gasteiger partial charge on any atom is -0.379 e. The van der Waals surface area contributed by atoms with Gasteiger partial charge in [-0.15, -0.1) is 0 Å². The number of nitrogens with zero attached hydrogens (tertiary/aromatic N) is 3. The molecule has 4 rings (SSSR count). The third kappa shape index (κ3) is 3.53. The maximum absolute atomic E-state index is 5.75. The predicted molar refractivity (Wildman–Crippen MR) is 103 cm³/mol. The van der Waals surface area contributed by atoms with E-state index in [0.29, 0.717) is 24.4 Å². The van der Waals surface area contributed by atoms with Crippen LogP contribution in [0.2, 0.25) is 0 Å². The van der Waals surface area contributed by atoms with E-state index in [1.54, 1.807) is 0 Å². The first-order valence-corrected chi connectivity index (χ1v) is 9.19. The lowest BCUT2D eigenvalue weighted by atomic mass is 9.93. The van der Waals surface area contributed by atoms with Crippen LogP contribution in [0.5, 0.6) is 0 Å². The lowest BCUT2D eigenvalue weighted by Crippen LogP contribution is -2.30. The van der Waals surface area contributed by atoms with Crippen LogP contribution in [0, 0.1) is 5.92 Å². The summed E-state index contributed by atoms with van der Waals surface area (Å²) >= 11 is 0. The van der Waals surface area contributed by atoms with E-state index in [-0.39, 0.29) is 6.04 Å². The molecule has 0 aliphatic carbocycles. The van der Waals surface area contributed by atoms with Gasteiger partial charge in [0.2, 0.25) is 5.95 Å². The van der Waals surface area contributed by atoms with Gasteiger partial charge < -0.3 is 10.1 Å². The quantitative estimate of drug-likeness (QED) is 0.759. The summed E-state index contributed by atoms with van der Waals surface area (Å²) in [7, 11) is 0. The number of fused-ring (bicyclic) bond motifs is 1. The molecule has 26 heavy (non-hydrogen) atoms. The molecule has 0 bridgehead atoms. The Morgan fingerprint density at radius 3 is 2.69 bits per heavy atom. The van der Waals surface area contributed by atoms with Crippen LogP contribution in [-0.2, 0) is 11.2 Å². The summed E-state index contributed by atoms with van der Waals surface area (Å²) in [6.07, 6.45) is 6.65. The van der Waals surface area contributed by atoms with Crippen molar-refractivity contribution in [3.05, 3.63) is 60.0 Å². The van der Waals surface area contributed by atoms with Gasteiger partial charge in [0.25, 0.3) is 0 Å². The first kappa shape index (κ1) is 16.9. The van der Waals surface area contributed by atoms with Gasteiger partial charge in [-0.2, -0.15) is 0 Å². The van der Waals surface area contributed by atoms with E-state index >= 15 is 0 Å². The molecule has 0 saturated carbocycles. The van der Waals surface area contributed by atoms with E-state index in [9.17, 15) is 0 Å². The highest BCUT2D eigenvalue weighted by molar-refractivity contribution is 5.81. The monoisotopic (exact) mass is 348 g/mol. The number of anilines is 1. The van der Waals surface area contributed by atoms with Gasteiger partial charge in [-0.05, 0) is 35.6 Å². The summed E-state index contributed by atoms with van der Waals surface area (Å²) in [5, 5.41) is 4.68. The van der Waals surface area contributed by atoms with Gasteiger partial charge in [0.05, 0.1) is 24.8 Å². The molecule has 0 amide bonds. The predicted octanol–water partition coefficient (Wildman–Crippen LogP) is 3.82. The molecule has 1 saturated heterocycles. The van der Waals surface area contributed by atoms with E-state index in [1.165, 1.54) is 10.9 Å². The Morgan fingerprint density at radius 1 is 1.08 bits per heavy atom. The smallest absolute Gasteiger partial charge is 0.222 e. The number of benzene rings is 1. The number of hydrogen-bond donors (Lipinski definition) is 1. The van der Waals surface area contributed by atoms with Crippen LogP contribution in [-0.4, -0.2) is 34.2 Å². The third-order valence-electron chi connectivity index (χ3n) is 5.07. The van der Waals surface area contributed by atoms with Crippen molar-refractivity contribution in [2.24, 2.45) is 5.92 Å². The molecule has 134 valence electrons. The number of ether oxygens (including phenoxy) is 1. The molecule has 3 aromatic rings. The second-order valence-electron chi connectivity index (χ2n) is 7.23. The van der Waals surface area contributed by atoms with Crippen molar-refractivity contribution in [2.45, 2.75) is 32.2 Å². The molecule has 1 fully saturated rings. The van der Waals surface area contributed by atoms with Crippen LogP contribution in [0.15, 0.2) is 48.9 Å². The zero-order valence-corrected chi connectivity index (χ0v) is 15.2.